The highest BCUT2D eigenvalue weighted by atomic mass is 32.1. The van der Waals surface area contributed by atoms with Crippen LogP contribution in [0.4, 0.5) is 0 Å². The second kappa shape index (κ2) is 13.4. The molecule has 0 saturated carbocycles. The van der Waals surface area contributed by atoms with E-state index in [4.69, 9.17) is 0 Å². The van der Waals surface area contributed by atoms with E-state index in [-0.39, 0.29) is 18.5 Å². The maximum Gasteiger partial charge on any atom is 0.0871 e. The van der Waals surface area contributed by atoms with Crippen molar-refractivity contribution in [3.8, 4) is 16.8 Å². The van der Waals surface area contributed by atoms with Crippen LogP contribution in [0, 0.1) is 0 Å². The Labute approximate surface area is 338 Å². The molecule has 12 rings (SSSR count). The normalized spacial score (nSPS) is 18.3. The van der Waals surface area contributed by atoms with E-state index in [1.54, 1.807) is 0 Å². The standard InChI is InChI=1S/C51H38N4S2/c1-3-13-31(14-4-1)49-52-50(32-15-5-2-6-16-32)54-51(53-49)40-21-12-24-45-47(40)39-20-11-19-35(48(39)57-45)33-25-27-38-41-30-34(26-28-44(41)56-46(38)29-33)55-42-22-9-7-17-36(42)37-18-8-10-23-43(37)55/h1-9,11-22,24-30,49-54H,10,23H2. The van der Waals surface area contributed by atoms with Crippen LogP contribution in [0.2, 0.25) is 0 Å². The average Bonchev–Trinajstić information content (AvgIpc) is 3.96. The summed E-state index contributed by atoms with van der Waals surface area (Å²) >= 11 is 3.80. The van der Waals surface area contributed by atoms with Crippen LogP contribution < -0.4 is 16.0 Å². The summed E-state index contributed by atoms with van der Waals surface area (Å²) in [6.07, 6.45) is 6.66. The molecule has 0 radical (unpaired) electrons. The van der Waals surface area contributed by atoms with Gasteiger partial charge in [-0.05, 0) is 77.1 Å². The van der Waals surface area contributed by atoms with E-state index in [2.05, 4.69) is 190 Å². The monoisotopic (exact) mass is 770 g/mol. The van der Waals surface area contributed by atoms with Crippen molar-refractivity contribution in [2.45, 2.75) is 31.3 Å². The fraction of sp³-hybridized carbons (Fsp3) is 0.0980. The van der Waals surface area contributed by atoms with Gasteiger partial charge in [0.1, 0.15) is 0 Å². The lowest BCUT2D eigenvalue weighted by molar-refractivity contribution is 0.204. The first kappa shape index (κ1) is 33.3. The van der Waals surface area contributed by atoms with Crippen molar-refractivity contribution in [3.05, 3.63) is 192 Å². The zero-order chi connectivity index (χ0) is 37.5. The fourth-order valence-corrected chi connectivity index (χ4v) is 11.8. The number of thiophene rings is 2. The Morgan fingerprint density at radius 2 is 1.26 bits per heavy atom. The zero-order valence-corrected chi connectivity index (χ0v) is 32.7. The predicted octanol–water partition coefficient (Wildman–Crippen LogP) is 13.2. The summed E-state index contributed by atoms with van der Waals surface area (Å²) in [7, 11) is 0. The molecule has 274 valence electrons. The largest absolute Gasteiger partial charge is 0.313 e. The minimum absolute atomic E-state index is 0.0207. The molecule has 2 aliphatic rings. The summed E-state index contributed by atoms with van der Waals surface area (Å²) in [5.41, 5.74) is 11.6. The Balaban J connectivity index is 0.948. The van der Waals surface area contributed by atoms with Crippen LogP contribution in [0.3, 0.4) is 0 Å². The third-order valence-electron chi connectivity index (χ3n) is 12.0. The third kappa shape index (κ3) is 5.44. The first-order valence-electron chi connectivity index (χ1n) is 19.8. The summed E-state index contributed by atoms with van der Waals surface area (Å²) in [5.74, 6) is 0. The summed E-state index contributed by atoms with van der Waals surface area (Å²) in [4.78, 5) is 0. The lowest BCUT2D eigenvalue weighted by Gasteiger charge is -2.40. The summed E-state index contributed by atoms with van der Waals surface area (Å²) in [6, 6.07) is 58.1. The summed E-state index contributed by atoms with van der Waals surface area (Å²) < 4.78 is 7.78. The van der Waals surface area contributed by atoms with Gasteiger partial charge < -0.3 is 4.57 Å². The molecular formula is C51H38N4S2. The van der Waals surface area contributed by atoms with Crippen molar-refractivity contribution in [1.29, 1.82) is 0 Å². The number of allylic oxidation sites excluding steroid dienone is 1. The molecule has 1 aliphatic heterocycles. The van der Waals surface area contributed by atoms with Gasteiger partial charge in [0.25, 0.3) is 0 Å². The molecule has 2 unspecified atom stereocenters. The van der Waals surface area contributed by atoms with Crippen LogP contribution in [0.25, 0.3) is 74.1 Å². The van der Waals surface area contributed by atoms with Gasteiger partial charge in [0.2, 0.25) is 0 Å². The number of hydrogen-bond acceptors (Lipinski definition) is 5. The first-order chi connectivity index (χ1) is 28.2. The number of aromatic nitrogens is 1. The second-order valence-electron chi connectivity index (χ2n) is 15.3. The summed E-state index contributed by atoms with van der Waals surface area (Å²) in [6.45, 7) is 0. The highest BCUT2D eigenvalue weighted by Crippen LogP contribution is 2.45. The maximum absolute atomic E-state index is 3.93. The molecule has 0 bridgehead atoms. The Morgan fingerprint density at radius 1 is 0.526 bits per heavy atom. The number of fused-ring (bicyclic) bond motifs is 9. The van der Waals surface area contributed by atoms with Crippen LogP contribution in [0.1, 0.15) is 52.9 Å². The number of nitrogens with zero attached hydrogens (tertiary/aromatic N) is 1. The van der Waals surface area contributed by atoms with Gasteiger partial charge in [-0.25, -0.2) is 0 Å². The minimum atomic E-state index is -0.0712. The number of nitrogens with one attached hydrogen (secondary N) is 3. The molecule has 4 heterocycles. The summed E-state index contributed by atoms with van der Waals surface area (Å²) in [5, 5.41) is 18.3. The van der Waals surface area contributed by atoms with Crippen molar-refractivity contribution in [1.82, 2.24) is 20.5 Å². The van der Waals surface area contributed by atoms with E-state index < -0.39 is 0 Å². The van der Waals surface area contributed by atoms with Crippen LogP contribution >= 0.6 is 22.7 Å². The van der Waals surface area contributed by atoms with E-state index >= 15 is 0 Å². The van der Waals surface area contributed by atoms with Crippen molar-refractivity contribution in [2.75, 3.05) is 0 Å². The Bertz CT molecular complexity index is 3140. The highest BCUT2D eigenvalue weighted by Gasteiger charge is 2.31. The molecule has 2 atom stereocenters. The smallest absolute Gasteiger partial charge is 0.0871 e. The van der Waals surface area contributed by atoms with Crippen molar-refractivity contribution >= 4 is 80.0 Å². The number of para-hydroxylation sites is 1. The van der Waals surface area contributed by atoms with Gasteiger partial charge >= 0.3 is 0 Å². The molecule has 1 aliphatic carbocycles. The third-order valence-corrected chi connectivity index (χ3v) is 14.3. The maximum atomic E-state index is 3.93. The molecule has 6 heteroatoms. The van der Waals surface area contributed by atoms with Crippen LogP contribution in [-0.2, 0) is 6.42 Å². The van der Waals surface area contributed by atoms with Gasteiger partial charge in [-0.1, -0.05) is 133 Å². The Morgan fingerprint density at radius 3 is 2.09 bits per heavy atom. The predicted molar refractivity (Wildman–Crippen MR) is 242 cm³/mol. The molecule has 4 nitrogen and oxygen atoms in total. The van der Waals surface area contributed by atoms with E-state index in [1.807, 2.05) is 22.7 Å². The number of benzene rings is 7. The van der Waals surface area contributed by atoms with Crippen molar-refractivity contribution in [3.63, 3.8) is 0 Å². The minimum Gasteiger partial charge on any atom is -0.313 e. The highest BCUT2D eigenvalue weighted by molar-refractivity contribution is 7.26. The van der Waals surface area contributed by atoms with Crippen molar-refractivity contribution in [2.24, 2.45) is 0 Å². The van der Waals surface area contributed by atoms with E-state index in [1.165, 1.54) is 96.0 Å². The van der Waals surface area contributed by atoms with E-state index in [9.17, 15) is 0 Å². The molecule has 3 aromatic heterocycles. The second-order valence-corrected chi connectivity index (χ2v) is 17.4. The molecular weight excluding hydrogens is 733 g/mol. The molecule has 0 spiro atoms. The van der Waals surface area contributed by atoms with Crippen LogP contribution in [-0.4, -0.2) is 4.57 Å². The molecule has 3 N–H and O–H groups in total. The van der Waals surface area contributed by atoms with Crippen molar-refractivity contribution < 1.29 is 0 Å². The first-order valence-corrected chi connectivity index (χ1v) is 21.5. The Kier molecular flexibility index (Phi) is 7.81. The van der Waals surface area contributed by atoms with Gasteiger partial charge in [0.15, 0.2) is 0 Å². The van der Waals surface area contributed by atoms with Crippen LogP contribution in [0.5, 0.6) is 0 Å². The van der Waals surface area contributed by atoms with Gasteiger partial charge in [0, 0.05) is 62.7 Å². The molecule has 57 heavy (non-hydrogen) atoms. The molecule has 10 aromatic rings. The zero-order valence-electron chi connectivity index (χ0n) is 31.1. The SMILES string of the molecule is C1=Cc2c(n(-c3ccc4sc5cc(-c6cccc7c6sc6cccc(C8NC(c9ccccc9)NC(c9ccccc9)N8)c67)ccc5c4c3)c3ccccc23)CC1. The van der Waals surface area contributed by atoms with Gasteiger partial charge in [0.05, 0.1) is 24.0 Å². The quantitative estimate of drug-likeness (QED) is 0.163. The molecule has 1 fully saturated rings. The average molecular weight is 771 g/mol. The van der Waals surface area contributed by atoms with Gasteiger partial charge in [-0.2, -0.15) is 0 Å². The van der Waals surface area contributed by atoms with Crippen LogP contribution in [0.15, 0.2) is 164 Å². The Hall–Kier alpha value is -5.86. The van der Waals surface area contributed by atoms with E-state index in [0.29, 0.717) is 0 Å². The molecule has 1 saturated heterocycles. The van der Waals surface area contributed by atoms with Gasteiger partial charge in [-0.3, -0.25) is 16.0 Å². The lowest BCUT2D eigenvalue weighted by atomic mass is 9.98. The fourth-order valence-electron chi connectivity index (χ4n) is 9.38. The molecule has 0 amide bonds. The number of hydrogen-bond donors (Lipinski definition) is 3. The van der Waals surface area contributed by atoms with Gasteiger partial charge in [-0.15, -0.1) is 22.7 Å². The topological polar surface area (TPSA) is 41.0 Å². The number of rotatable bonds is 5. The van der Waals surface area contributed by atoms with E-state index in [0.717, 1.165) is 12.8 Å². The lowest BCUT2D eigenvalue weighted by Crippen LogP contribution is -2.54. The molecule has 7 aromatic carbocycles.